The number of aryl methyl sites for hydroxylation is 1. The van der Waals surface area contributed by atoms with Gasteiger partial charge in [0.1, 0.15) is 17.6 Å². The molecule has 1 aromatic heterocycles. The molecule has 0 radical (unpaired) electrons. The van der Waals surface area contributed by atoms with Crippen LogP contribution in [0.15, 0.2) is 59.3 Å². The van der Waals surface area contributed by atoms with Crippen LogP contribution in [0.25, 0.3) is 0 Å². The van der Waals surface area contributed by atoms with E-state index in [-0.39, 0.29) is 6.10 Å². The van der Waals surface area contributed by atoms with Gasteiger partial charge in [-0.05, 0) is 47.5 Å². The standard InChI is InChI=1S/C21H21NO2S/c1-15-2-7-20-18(10-15)12-22(11-16-3-5-19(23)6-4-16)13-21(24-20)17-8-9-25-14-17/h2-10,14,21,23H,11-13H2,1H3/t21-/m0/s1. The van der Waals surface area contributed by atoms with Crippen molar-refractivity contribution in [1.82, 2.24) is 4.90 Å². The highest BCUT2D eigenvalue weighted by Crippen LogP contribution is 2.33. The molecule has 2 heterocycles. The predicted octanol–water partition coefficient (Wildman–Crippen LogP) is 4.90. The number of phenolic OH excluding ortho intramolecular Hbond substituents is 1. The molecule has 2 aromatic carbocycles. The summed E-state index contributed by atoms with van der Waals surface area (Å²) in [6, 6.07) is 16.0. The first-order valence-electron chi connectivity index (χ1n) is 8.46. The summed E-state index contributed by atoms with van der Waals surface area (Å²) in [6.07, 6.45) is 0.0346. The second kappa shape index (κ2) is 6.90. The molecule has 3 aromatic rings. The maximum atomic E-state index is 9.50. The van der Waals surface area contributed by atoms with Gasteiger partial charge in [-0.2, -0.15) is 11.3 Å². The van der Waals surface area contributed by atoms with Crippen LogP contribution in [-0.2, 0) is 13.1 Å². The maximum absolute atomic E-state index is 9.50. The summed E-state index contributed by atoms with van der Waals surface area (Å²) in [5.74, 6) is 1.29. The van der Waals surface area contributed by atoms with Gasteiger partial charge in [-0.3, -0.25) is 4.90 Å². The molecule has 4 rings (SSSR count). The van der Waals surface area contributed by atoms with E-state index >= 15 is 0 Å². The van der Waals surface area contributed by atoms with Crippen molar-refractivity contribution in [1.29, 1.82) is 0 Å². The minimum absolute atomic E-state index is 0.0346. The van der Waals surface area contributed by atoms with Crippen molar-refractivity contribution in [2.45, 2.75) is 26.1 Å². The van der Waals surface area contributed by atoms with E-state index in [2.05, 4.69) is 46.8 Å². The molecule has 0 amide bonds. The third-order valence-electron chi connectivity index (χ3n) is 4.56. The van der Waals surface area contributed by atoms with Gasteiger partial charge in [0.25, 0.3) is 0 Å². The fourth-order valence-electron chi connectivity index (χ4n) is 3.29. The summed E-state index contributed by atoms with van der Waals surface area (Å²) in [6.45, 7) is 4.65. The van der Waals surface area contributed by atoms with Gasteiger partial charge in [0.15, 0.2) is 0 Å². The Morgan fingerprint density at radius 2 is 2.00 bits per heavy atom. The Bertz CT molecular complexity index is 843. The number of ether oxygens (including phenoxy) is 1. The van der Waals surface area contributed by atoms with Crippen LogP contribution in [0.4, 0.5) is 0 Å². The Balaban J connectivity index is 1.64. The van der Waals surface area contributed by atoms with E-state index in [9.17, 15) is 5.11 Å². The molecule has 0 bridgehead atoms. The Labute approximate surface area is 152 Å². The summed E-state index contributed by atoms with van der Waals surface area (Å²) < 4.78 is 6.37. The molecule has 128 valence electrons. The van der Waals surface area contributed by atoms with Crippen LogP contribution in [0.5, 0.6) is 11.5 Å². The van der Waals surface area contributed by atoms with Gasteiger partial charge in [0.05, 0.1) is 0 Å². The Morgan fingerprint density at radius 1 is 1.16 bits per heavy atom. The number of thiophene rings is 1. The first-order chi connectivity index (χ1) is 12.2. The smallest absolute Gasteiger partial charge is 0.137 e. The molecule has 25 heavy (non-hydrogen) atoms. The number of hydrogen-bond acceptors (Lipinski definition) is 4. The van der Waals surface area contributed by atoms with Crippen molar-refractivity contribution >= 4 is 11.3 Å². The van der Waals surface area contributed by atoms with Crippen LogP contribution in [0.3, 0.4) is 0 Å². The molecule has 0 saturated heterocycles. The molecule has 1 N–H and O–H groups in total. The topological polar surface area (TPSA) is 32.7 Å². The molecule has 0 saturated carbocycles. The molecule has 1 aliphatic rings. The Hall–Kier alpha value is -2.30. The lowest BCUT2D eigenvalue weighted by Gasteiger charge is -2.23. The summed E-state index contributed by atoms with van der Waals surface area (Å²) in [5.41, 5.74) is 4.91. The van der Waals surface area contributed by atoms with Gasteiger partial charge in [-0.25, -0.2) is 0 Å². The predicted molar refractivity (Wildman–Crippen MR) is 101 cm³/mol. The lowest BCUT2D eigenvalue weighted by atomic mass is 10.1. The van der Waals surface area contributed by atoms with Crippen LogP contribution >= 0.6 is 11.3 Å². The number of hydrogen-bond donors (Lipinski definition) is 1. The van der Waals surface area contributed by atoms with E-state index in [1.54, 1.807) is 23.5 Å². The van der Waals surface area contributed by atoms with Crippen molar-refractivity contribution in [3.05, 3.63) is 81.5 Å². The fourth-order valence-corrected chi connectivity index (χ4v) is 3.99. The van der Waals surface area contributed by atoms with Crippen LogP contribution in [-0.4, -0.2) is 16.6 Å². The highest BCUT2D eigenvalue weighted by Gasteiger charge is 2.24. The average Bonchev–Trinajstić information content (AvgIpc) is 3.07. The van der Waals surface area contributed by atoms with Gasteiger partial charge < -0.3 is 9.84 Å². The normalized spacial score (nSPS) is 17.6. The molecule has 0 spiro atoms. The molecule has 0 unspecified atom stereocenters. The Morgan fingerprint density at radius 3 is 2.76 bits per heavy atom. The highest BCUT2D eigenvalue weighted by atomic mass is 32.1. The monoisotopic (exact) mass is 351 g/mol. The van der Waals surface area contributed by atoms with Gasteiger partial charge in [0.2, 0.25) is 0 Å². The zero-order valence-corrected chi connectivity index (χ0v) is 15.0. The number of nitrogens with zero attached hydrogens (tertiary/aromatic N) is 1. The largest absolute Gasteiger partial charge is 0.508 e. The van der Waals surface area contributed by atoms with Crippen molar-refractivity contribution in [3.8, 4) is 11.5 Å². The summed E-state index contributed by atoms with van der Waals surface area (Å²) in [7, 11) is 0. The Kier molecular flexibility index (Phi) is 4.47. The van der Waals surface area contributed by atoms with Gasteiger partial charge in [-0.1, -0.05) is 29.8 Å². The highest BCUT2D eigenvalue weighted by molar-refractivity contribution is 7.07. The lowest BCUT2D eigenvalue weighted by Crippen LogP contribution is -2.27. The van der Waals surface area contributed by atoms with Crippen molar-refractivity contribution in [2.75, 3.05) is 6.54 Å². The van der Waals surface area contributed by atoms with Crippen molar-refractivity contribution in [2.24, 2.45) is 0 Å². The fraction of sp³-hybridized carbons (Fsp3) is 0.238. The quantitative estimate of drug-likeness (QED) is 0.729. The van der Waals surface area contributed by atoms with Crippen LogP contribution < -0.4 is 4.74 Å². The number of fused-ring (bicyclic) bond motifs is 1. The van der Waals surface area contributed by atoms with Crippen molar-refractivity contribution in [3.63, 3.8) is 0 Å². The lowest BCUT2D eigenvalue weighted by molar-refractivity contribution is 0.144. The molecule has 0 aliphatic carbocycles. The van der Waals surface area contributed by atoms with Gasteiger partial charge >= 0.3 is 0 Å². The first-order valence-corrected chi connectivity index (χ1v) is 9.40. The number of benzene rings is 2. The molecular formula is C21H21NO2S. The minimum Gasteiger partial charge on any atom is -0.508 e. The SMILES string of the molecule is Cc1ccc2c(c1)CN(Cc1ccc(O)cc1)C[C@@H](c1ccsc1)O2. The van der Waals surface area contributed by atoms with E-state index < -0.39 is 0 Å². The summed E-state index contributed by atoms with van der Waals surface area (Å²) in [4.78, 5) is 2.42. The number of phenols is 1. The first kappa shape index (κ1) is 16.2. The van der Waals surface area contributed by atoms with Crippen LogP contribution in [0.2, 0.25) is 0 Å². The van der Waals surface area contributed by atoms with E-state index in [4.69, 9.17) is 4.74 Å². The molecule has 4 heteroatoms. The second-order valence-electron chi connectivity index (χ2n) is 6.61. The van der Waals surface area contributed by atoms with E-state index in [0.717, 1.165) is 25.4 Å². The van der Waals surface area contributed by atoms with Gasteiger partial charge in [0, 0.05) is 30.8 Å². The summed E-state index contributed by atoms with van der Waals surface area (Å²) in [5, 5.41) is 13.8. The number of aromatic hydroxyl groups is 1. The molecule has 1 atom stereocenters. The summed E-state index contributed by atoms with van der Waals surface area (Å²) >= 11 is 1.70. The molecular weight excluding hydrogens is 330 g/mol. The van der Waals surface area contributed by atoms with Crippen LogP contribution in [0.1, 0.15) is 28.4 Å². The molecule has 3 nitrogen and oxygen atoms in total. The van der Waals surface area contributed by atoms with E-state index in [1.165, 1.54) is 22.3 Å². The number of rotatable bonds is 3. The molecule has 0 fully saturated rings. The van der Waals surface area contributed by atoms with Crippen LogP contribution in [0, 0.1) is 6.92 Å². The minimum atomic E-state index is 0.0346. The zero-order valence-electron chi connectivity index (χ0n) is 14.2. The van der Waals surface area contributed by atoms with E-state index in [0.29, 0.717) is 5.75 Å². The van der Waals surface area contributed by atoms with E-state index in [1.807, 2.05) is 12.1 Å². The van der Waals surface area contributed by atoms with Crippen molar-refractivity contribution < 1.29 is 9.84 Å². The zero-order chi connectivity index (χ0) is 17.2. The maximum Gasteiger partial charge on any atom is 0.137 e. The average molecular weight is 351 g/mol. The third-order valence-corrected chi connectivity index (χ3v) is 5.26. The third kappa shape index (κ3) is 3.70. The second-order valence-corrected chi connectivity index (χ2v) is 7.39. The molecule has 1 aliphatic heterocycles. The van der Waals surface area contributed by atoms with Gasteiger partial charge in [-0.15, -0.1) is 0 Å².